The maximum Gasteiger partial charge on any atom is 0.289 e. The predicted molar refractivity (Wildman–Crippen MR) is 118 cm³/mol. The maximum absolute atomic E-state index is 14.3. The number of halogens is 1. The summed E-state index contributed by atoms with van der Waals surface area (Å²) >= 11 is 0. The number of hydrogen-bond acceptors (Lipinski definition) is 7. The van der Waals surface area contributed by atoms with E-state index >= 15 is 0 Å². The van der Waals surface area contributed by atoms with Gasteiger partial charge in [-0.3, -0.25) is 14.0 Å². The Morgan fingerprint density at radius 3 is 2.91 bits per heavy atom. The molecule has 2 aliphatic rings. The van der Waals surface area contributed by atoms with E-state index in [1.807, 2.05) is 0 Å². The number of aryl methyl sites for hydroxylation is 1. The molecule has 2 bridgehead atoms. The van der Waals surface area contributed by atoms with Crippen molar-refractivity contribution in [2.75, 3.05) is 5.73 Å². The van der Waals surface area contributed by atoms with Crippen LogP contribution in [0, 0.1) is 17.1 Å². The zero-order valence-corrected chi connectivity index (χ0v) is 18.1. The van der Waals surface area contributed by atoms with E-state index in [2.05, 4.69) is 26.5 Å². The molecule has 3 aromatic heterocycles. The molecule has 0 aliphatic carbocycles. The first-order chi connectivity index (χ1) is 16.4. The molecular weight excluding hydrogens is 439 g/mol. The van der Waals surface area contributed by atoms with Crippen LogP contribution < -0.4 is 15.8 Å². The lowest BCUT2D eigenvalue weighted by Crippen LogP contribution is -2.24. The van der Waals surface area contributed by atoms with E-state index in [0.717, 1.165) is 0 Å². The quantitative estimate of drug-likeness (QED) is 0.415. The van der Waals surface area contributed by atoms with Crippen LogP contribution >= 0.6 is 0 Å². The Bertz CT molecular complexity index is 1560. The number of fused-ring (bicyclic) bond motifs is 7. The smallest absolute Gasteiger partial charge is 0.289 e. The Morgan fingerprint density at radius 1 is 1.29 bits per heavy atom. The first-order valence-electron chi connectivity index (χ1n) is 10.4. The Balaban J connectivity index is 1.74. The second kappa shape index (κ2) is 6.89. The molecular formula is C23H17FN8O2. The van der Waals surface area contributed by atoms with Gasteiger partial charge in [-0.25, -0.2) is 14.4 Å². The van der Waals surface area contributed by atoms with E-state index in [0.29, 0.717) is 33.6 Å². The molecule has 2 aliphatic heterocycles. The second-order valence-corrected chi connectivity index (χ2v) is 8.20. The number of aromatic nitrogens is 5. The van der Waals surface area contributed by atoms with Gasteiger partial charge in [-0.1, -0.05) is 0 Å². The minimum absolute atomic E-state index is 0.0744. The molecule has 1 amide bonds. The van der Waals surface area contributed by atoms with Gasteiger partial charge in [0, 0.05) is 41.7 Å². The lowest BCUT2D eigenvalue weighted by molar-refractivity contribution is 0.0956. The van der Waals surface area contributed by atoms with Crippen molar-refractivity contribution in [1.82, 2.24) is 29.6 Å². The van der Waals surface area contributed by atoms with Gasteiger partial charge < -0.3 is 15.8 Å². The summed E-state index contributed by atoms with van der Waals surface area (Å²) in [6, 6.07) is 8.10. The van der Waals surface area contributed by atoms with Crippen LogP contribution in [0.3, 0.4) is 0 Å². The highest BCUT2D eigenvalue weighted by molar-refractivity contribution is 5.95. The summed E-state index contributed by atoms with van der Waals surface area (Å²) in [5, 5.41) is 17.4. The average Bonchev–Trinajstić information content (AvgIpc) is 3.47. The largest absolute Gasteiger partial charge is 0.482 e. The summed E-state index contributed by atoms with van der Waals surface area (Å²) in [5.41, 5.74) is 9.45. The third-order valence-corrected chi connectivity index (χ3v) is 6.06. The Kier molecular flexibility index (Phi) is 4.04. The summed E-state index contributed by atoms with van der Waals surface area (Å²) in [5.74, 6) is -0.365. The molecule has 0 radical (unpaired) electrons. The summed E-state index contributed by atoms with van der Waals surface area (Å²) in [7, 11) is 1.76. The van der Waals surface area contributed by atoms with E-state index in [9.17, 15) is 14.4 Å². The average molecular weight is 456 g/mol. The lowest BCUT2D eigenvalue weighted by Gasteiger charge is -2.22. The molecule has 0 saturated carbocycles. The van der Waals surface area contributed by atoms with Crippen molar-refractivity contribution < 1.29 is 13.9 Å². The van der Waals surface area contributed by atoms with Crippen molar-refractivity contribution in [3.05, 3.63) is 65.1 Å². The van der Waals surface area contributed by atoms with Crippen molar-refractivity contribution in [3.8, 4) is 34.3 Å². The number of nitrogen functional groups attached to an aromatic ring is 1. The highest BCUT2D eigenvalue weighted by atomic mass is 19.1. The number of pyridine rings is 1. The topological polar surface area (TPSA) is 137 Å². The summed E-state index contributed by atoms with van der Waals surface area (Å²) in [6.07, 6.45) is 1.96. The molecule has 6 rings (SSSR count). The van der Waals surface area contributed by atoms with Crippen molar-refractivity contribution in [2.24, 2.45) is 7.05 Å². The molecule has 10 nitrogen and oxygen atoms in total. The van der Waals surface area contributed by atoms with Crippen LogP contribution in [0.2, 0.25) is 0 Å². The number of benzene rings is 1. The van der Waals surface area contributed by atoms with Crippen LogP contribution in [0.5, 0.6) is 5.75 Å². The second-order valence-electron chi connectivity index (χ2n) is 8.20. The number of rotatable bonds is 0. The van der Waals surface area contributed by atoms with E-state index in [1.165, 1.54) is 18.3 Å². The molecule has 3 N–H and O–H groups in total. The van der Waals surface area contributed by atoms with E-state index < -0.39 is 24.0 Å². The number of carbonyl (C=O) groups excluding carboxylic acids is 1. The Hall–Kier alpha value is -4.72. The standard InChI is InChI=1S/C23H17FN8O2/c1-10-14-6-12(24)3-4-13(14)18-15(9-31(2)30-18)21-29-23(33)22-28-16(7-25)19(32(21)22)11-5-17(34-10)20(26)27-8-11/h3-6,8-10,21H,1-2H3,(H2,26,27)(H,29,33)/t10-,21+/m1/s1. The highest BCUT2D eigenvalue weighted by Gasteiger charge is 2.39. The highest BCUT2D eigenvalue weighted by Crippen LogP contribution is 2.41. The Labute approximate surface area is 192 Å². The van der Waals surface area contributed by atoms with Crippen LogP contribution in [0.25, 0.3) is 22.5 Å². The van der Waals surface area contributed by atoms with E-state index in [-0.39, 0.29) is 23.1 Å². The fraction of sp³-hybridized carbons (Fsp3) is 0.174. The Morgan fingerprint density at radius 2 is 2.12 bits per heavy atom. The van der Waals surface area contributed by atoms with E-state index in [1.54, 1.807) is 41.5 Å². The zero-order chi connectivity index (χ0) is 23.7. The molecule has 11 heteroatoms. The molecule has 168 valence electrons. The first-order valence-corrected chi connectivity index (χ1v) is 10.4. The molecule has 0 unspecified atom stereocenters. The summed E-state index contributed by atoms with van der Waals surface area (Å²) < 4.78 is 23.7. The van der Waals surface area contributed by atoms with Crippen LogP contribution in [0.15, 0.2) is 36.7 Å². The third-order valence-electron chi connectivity index (χ3n) is 6.06. The van der Waals surface area contributed by atoms with Gasteiger partial charge in [0.15, 0.2) is 17.3 Å². The zero-order valence-electron chi connectivity index (χ0n) is 18.1. The number of nitriles is 1. The normalized spacial score (nSPS) is 17.9. The van der Waals surface area contributed by atoms with Gasteiger partial charge in [-0.2, -0.15) is 10.4 Å². The SMILES string of the molecule is C[C@H]1Oc2cc(cnc2N)-c2c(C#N)nc3n2[C@H](NC3=O)c2cn(C)nc2-c2ccc(F)cc21. The van der Waals surface area contributed by atoms with Crippen molar-refractivity contribution in [3.63, 3.8) is 0 Å². The number of amides is 1. The number of nitrogens with one attached hydrogen (secondary N) is 1. The maximum atomic E-state index is 14.3. The minimum atomic E-state index is -0.703. The van der Waals surface area contributed by atoms with Crippen LogP contribution in [-0.2, 0) is 7.05 Å². The fourth-order valence-corrected chi connectivity index (χ4v) is 4.60. The van der Waals surface area contributed by atoms with Gasteiger partial charge in [-0.05, 0) is 31.2 Å². The molecule has 5 heterocycles. The van der Waals surface area contributed by atoms with Crippen LogP contribution in [0.1, 0.15) is 46.6 Å². The molecule has 1 aromatic carbocycles. The number of imidazole rings is 1. The minimum Gasteiger partial charge on any atom is -0.482 e. The number of nitrogens with zero attached hydrogens (tertiary/aromatic N) is 6. The molecule has 4 aromatic rings. The number of hydrogen-bond donors (Lipinski definition) is 2. The lowest BCUT2D eigenvalue weighted by atomic mass is 9.97. The van der Waals surface area contributed by atoms with Gasteiger partial charge in [0.25, 0.3) is 5.91 Å². The molecule has 2 atom stereocenters. The van der Waals surface area contributed by atoms with Gasteiger partial charge in [0.1, 0.15) is 24.2 Å². The molecule has 0 saturated heterocycles. The van der Waals surface area contributed by atoms with Crippen molar-refractivity contribution in [1.29, 1.82) is 5.26 Å². The van der Waals surface area contributed by atoms with Gasteiger partial charge >= 0.3 is 0 Å². The number of nitrogens with two attached hydrogens (primary N) is 1. The molecule has 0 spiro atoms. The van der Waals surface area contributed by atoms with Crippen molar-refractivity contribution >= 4 is 11.7 Å². The van der Waals surface area contributed by atoms with Crippen molar-refractivity contribution in [2.45, 2.75) is 19.2 Å². The third kappa shape index (κ3) is 2.72. The first kappa shape index (κ1) is 19.9. The number of ether oxygens (including phenoxy) is 1. The van der Waals surface area contributed by atoms with E-state index in [4.69, 9.17) is 10.5 Å². The van der Waals surface area contributed by atoms with Gasteiger partial charge in [0.05, 0.1) is 11.4 Å². The summed E-state index contributed by atoms with van der Waals surface area (Å²) in [6.45, 7) is 1.78. The summed E-state index contributed by atoms with van der Waals surface area (Å²) in [4.78, 5) is 21.4. The van der Waals surface area contributed by atoms with Crippen LogP contribution in [-0.4, -0.2) is 30.2 Å². The van der Waals surface area contributed by atoms with Crippen LogP contribution in [0.4, 0.5) is 10.2 Å². The molecule has 34 heavy (non-hydrogen) atoms. The van der Waals surface area contributed by atoms with Gasteiger partial charge in [-0.15, -0.1) is 0 Å². The molecule has 0 fully saturated rings. The number of anilines is 1. The fourth-order valence-electron chi connectivity index (χ4n) is 4.60. The van der Waals surface area contributed by atoms with Gasteiger partial charge in [0.2, 0.25) is 5.82 Å². The predicted octanol–water partition coefficient (Wildman–Crippen LogP) is 2.68. The monoisotopic (exact) mass is 456 g/mol. The number of carbonyl (C=O) groups is 1.